The zero-order valence-corrected chi connectivity index (χ0v) is 12.9. The smallest absolute Gasteiger partial charge is 0.253 e. The van der Waals surface area contributed by atoms with Crippen LogP contribution in [0.2, 0.25) is 0 Å². The Hall–Kier alpha value is -1.79. The van der Waals surface area contributed by atoms with E-state index < -0.39 is 0 Å². The molecule has 1 heterocycles. The minimum Gasteiger partial charge on any atom is -0.389 e. The van der Waals surface area contributed by atoms with Crippen molar-refractivity contribution in [3.05, 3.63) is 51.5 Å². The van der Waals surface area contributed by atoms with Crippen molar-refractivity contribution < 1.29 is 4.79 Å². The molecule has 2 N–H and O–H groups in total. The van der Waals surface area contributed by atoms with Gasteiger partial charge in [-0.3, -0.25) is 4.79 Å². The molecule has 0 saturated heterocycles. The van der Waals surface area contributed by atoms with Gasteiger partial charge in [-0.2, -0.15) is 0 Å². The number of thiocarbonyl (C=S) groups is 1. The number of aromatic nitrogens is 1. The molecule has 0 aliphatic heterocycles. The van der Waals surface area contributed by atoms with E-state index in [-0.39, 0.29) is 5.91 Å². The van der Waals surface area contributed by atoms with Crippen LogP contribution in [0.1, 0.15) is 26.6 Å². The van der Waals surface area contributed by atoms with Gasteiger partial charge < -0.3 is 10.6 Å². The summed E-state index contributed by atoms with van der Waals surface area (Å²) in [5.74, 6) is -0.0508. The lowest BCUT2D eigenvalue weighted by Gasteiger charge is -2.16. The Morgan fingerprint density at radius 2 is 1.95 bits per heavy atom. The summed E-state index contributed by atoms with van der Waals surface area (Å²) in [7, 11) is 1.76. The van der Waals surface area contributed by atoms with Crippen LogP contribution in [-0.4, -0.2) is 27.8 Å². The molecule has 0 fully saturated rings. The fourth-order valence-corrected chi connectivity index (χ4v) is 2.53. The molecule has 104 valence electrons. The third-order valence-corrected chi connectivity index (χ3v) is 3.89. The van der Waals surface area contributed by atoms with Gasteiger partial charge in [-0.25, -0.2) is 4.98 Å². The summed E-state index contributed by atoms with van der Waals surface area (Å²) in [6.45, 7) is 2.45. The minimum atomic E-state index is -0.0508. The number of benzene rings is 1. The monoisotopic (exact) mass is 305 g/mol. The van der Waals surface area contributed by atoms with E-state index >= 15 is 0 Å². The third-order valence-electron chi connectivity index (χ3n) is 2.83. The van der Waals surface area contributed by atoms with Gasteiger partial charge in [0.1, 0.15) is 4.99 Å². The topological polar surface area (TPSA) is 59.2 Å². The summed E-state index contributed by atoms with van der Waals surface area (Å²) < 4.78 is 0. The van der Waals surface area contributed by atoms with E-state index in [1.165, 1.54) is 0 Å². The highest BCUT2D eigenvalue weighted by atomic mass is 32.1. The summed E-state index contributed by atoms with van der Waals surface area (Å²) >= 11 is 6.47. The normalized spacial score (nSPS) is 10.3. The summed E-state index contributed by atoms with van der Waals surface area (Å²) in [5, 5.41) is 2.97. The molecule has 0 saturated carbocycles. The molecule has 6 heteroatoms. The molecule has 1 aromatic heterocycles. The van der Waals surface area contributed by atoms with Gasteiger partial charge in [-0.05, 0) is 19.1 Å². The molecule has 0 spiro atoms. The summed E-state index contributed by atoms with van der Waals surface area (Å²) in [4.78, 5) is 18.6. The van der Waals surface area contributed by atoms with Crippen LogP contribution in [-0.2, 0) is 6.54 Å². The van der Waals surface area contributed by atoms with Crippen molar-refractivity contribution in [2.45, 2.75) is 13.5 Å². The number of hydrogen-bond acceptors (Lipinski definition) is 4. The van der Waals surface area contributed by atoms with Gasteiger partial charge >= 0.3 is 0 Å². The molecule has 1 aromatic carbocycles. The molecule has 0 atom stereocenters. The summed E-state index contributed by atoms with van der Waals surface area (Å²) in [6.07, 6.45) is 0. The van der Waals surface area contributed by atoms with Crippen LogP contribution < -0.4 is 5.73 Å². The number of nitrogens with two attached hydrogens (primary N) is 1. The number of amides is 1. The number of nitrogens with zero attached hydrogens (tertiary/aromatic N) is 2. The van der Waals surface area contributed by atoms with E-state index in [0.29, 0.717) is 17.1 Å². The van der Waals surface area contributed by atoms with Crippen molar-refractivity contribution >= 4 is 34.5 Å². The second-order valence-corrected chi connectivity index (χ2v) is 5.96. The average Bonchev–Trinajstić information content (AvgIpc) is 2.83. The van der Waals surface area contributed by atoms with E-state index in [0.717, 1.165) is 16.3 Å². The molecule has 4 nitrogen and oxygen atoms in total. The fourth-order valence-electron chi connectivity index (χ4n) is 1.79. The Morgan fingerprint density at radius 1 is 1.35 bits per heavy atom. The summed E-state index contributed by atoms with van der Waals surface area (Å²) in [6, 6.07) is 6.99. The predicted molar refractivity (Wildman–Crippen MR) is 85.0 cm³/mol. The highest BCUT2D eigenvalue weighted by Crippen LogP contribution is 2.12. The van der Waals surface area contributed by atoms with Crippen molar-refractivity contribution in [3.8, 4) is 0 Å². The van der Waals surface area contributed by atoms with Crippen molar-refractivity contribution in [3.63, 3.8) is 0 Å². The van der Waals surface area contributed by atoms with E-state index in [9.17, 15) is 4.79 Å². The molecule has 20 heavy (non-hydrogen) atoms. The van der Waals surface area contributed by atoms with Crippen molar-refractivity contribution in [1.29, 1.82) is 0 Å². The molecule has 0 aliphatic rings. The number of thiazole rings is 1. The first-order valence-electron chi connectivity index (χ1n) is 6.03. The van der Waals surface area contributed by atoms with Gasteiger partial charge in [0.15, 0.2) is 0 Å². The van der Waals surface area contributed by atoms with E-state index in [1.54, 1.807) is 47.5 Å². The Balaban J connectivity index is 2.08. The number of hydrogen-bond donors (Lipinski definition) is 1. The van der Waals surface area contributed by atoms with Crippen LogP contribution in [0.3, 0.4) is 0 Å². The van der Waals surface area contributed by atoms with Crippen LogP contribution in [0.5, 0.6) is 0 Å². The highest BCUT2D eigenvalue weighted by molar-refractivity contribution is 7.80. The first-order chi connectivity index (χ1) is 9.47. The molecule has 0 aliphatic carbocycles. The molecule has 0 radical (unpaired) electrons. The molecule has 0 bridgehead atoms. The summed E-state index contributed by atoms with van der Waals surface area (Å²) in [5.41, 5.74) is 7.81. The molecular formula is C14H15N3OS2. The molecular weight excluding hydrogens is 290 g/mol. The maximum atomic E-state index is 12.3. The van der Waals surface area contributed by atoms with Crippen LogP contribution in [0.25, 0.3) is 0 Å². The van der Waals surface area contributed by atoms with Gasteiger partial charge in [0, 0.05) is 23.6 Å². The zero-order chi connectivity index (χ0) is 14.7. The largest absolute Gasteiger partial charge is 0.389 e. The standard InChI is InChI=1S/C14H15N3OS2/c1-9-16-12(8-20-9)7-17(2)14(18)11-5-3-10(4-6-11)13(15)19/h3-6,8H,7H2,1-2H3,(H2,15,19). The van der Waals surface area contributed by atoms with E-state index in [2.05, 4.69) is 4.98 Å². The molecule has 1 amide bonds. The zero-order valence-electron chi connectivity index (χ0n) is 11.3. The predicted octanol–water partition coefficient (Wildman–Crippen LogP) is 2.36. The quantitative estimate of drug-likeness (QED) is 0.881. The fraction of sp³-hybridized carbons (Fsp3) is 0.214. The van der Waals surface area contributed by atoms with E-state index in [1.807, 2.05) is 12.3 Å². The number of carbonyl (C=O) groups is 1. The van der Waals surface area contributed by atoms with Gasteiger partial charge in [0.25, 0.3) is 5.91 Å². The number of carbonyl (C=O) groups excluding carboxylic acids is 1. The first kappa shape index (κ1) is 14.6. The lowest BCUT2D eigenvalue weighted by Crippen LogP contribution is -2.26. The van der Waals surface area contributed by atoms with Gasteiger partial charge in [-0.1, -0.05) is 24.4 Å². The Kier molecular flexibility index (Phi) is 4.46. The first-order valence-corrected chi connectivity index (χ1v) is 7.32. The Morgan fingerprint density at radius 3 is 2.45 bits per heavy atom. The minimum absolute atomic E-state index is 0.0508. The van der Waals surface area contributed by atoms with Crippen molar-refractivity contribution in [2.75, 3.05) is 7.05 Å². The second-order valence-electron chi connectivity index (χ2n) is 4.46. The van der Waals surface area contributed by atoms with Crippen LogP contribution in [0, 0.1) is 6.92 Å². The SMILES string of the molecule is Cc1nc(CN(C)C(=O)c2ccc(C(N)=S)cc2)cs1. The molecule has 0 unspecified atom stereocenters. The van der Waals surface area contributed by atoms with Crippen molar-refractivity contribution in [1.82, 2.24) is 9.88 Å². The number of aryl methyl sites for hydroxylation is 1. The van der Waals surface area contributed by atoms with Crippen LogP contribution in [0.15, 0.2) is 29.6 Å². The van der Waals surface area contributed by atoms with E-state index in [4.69, 9.17) is 18.0 Å². The average molecular weight is 305 g/mol. The molecule has 2 rings (SSSR count). The lowest BCUT2D eigenvalue weighted by molar-refractivity contribution is 0.0783. The lowest BCUT2D eigenvalue weighted by atomic mass is 10.1. The Bertz CT molecular complexity index is 634. The third kappa shape index (κ3) is 3.40. The Labute approximate surface area is 127 Å². The van der Waals surface area contributed by atoms with Crippen molar-refractivity contribution in [2.24, 2.45) is 5.73 Å². The molecule has 2 aromatic rings. The maximum Gasteiger partial charge on any atom is 0.253 e. The van der Waals surface area contributed by atoms with Gasteiger partial charge in [0.05, 0.1) is 17.2 Å². The highest BCUT2D eigenvalue weighted by Gasteiger charge is 2.13. The second kappa shape index (κ2) is 6.11. The van der Waals surface area contributed by atoms with Crippen LogP contribution >= 0.6 is 23.6 Å². The van der Waals surface area contributed by atoms with Gasteiger partial charge in [0.2, 0.25) is 0 Å². The maximum absolute atomic E-state index is 12.3. The van der Waals surface area contributed by atoms with Gasteiger partial charge in [-0.15, -0.1) is 11.3 Å². The number of rotatable bonds is 4. The van der Waals surface area contributed by atoms with Crippen LogP contribution in [0.4, 0.5) is 0 Å².